The van der Waals surface area contributed by atoms with Crippen LogP contribution < -0.4 is 10.9 Å². The van der Waals surface area contributed by atoms with Gasteiger partial charge in [-0.2, -0.15) is 10.2 Å². The van der Waals surface area contributed by atoms with Gasteiger partial charge in [-0.25, -0.2) is 4.68 Å². The van der Waals surface area contributed by atoms with Gasteiger partial charge >= 0.3 is 0 Å². The number of nitrogens with zero attached hydrogens (tertiary/aromatic N) is 5. The van der Waals surface area contributed by atoms with E-state index in [4.69, 9.17) is 4.42 Å². The van der Waals surface area contributed by atoms with E-state index >= 15 is 0 Å². The van der Waals surface area contributed by atoms with Crippen LogP contribution in [0.5, 0.6) is 0 Å². The molecule has 4 rings (SSSR count). The zero-order chi connectivity index (χ0) is 21.4. The molecule has 0 spiro atoms. The Morgan fingerprint density at radius 1 is 1.30 bits per heavy atom. The first kappa shape index (κ1) is 19.9. The summed E-state index contributed by atoms with van der Waals surface area (Å²) in [5.41, 5.74) is 2.70. The Bertz CT molecular complexity index is 1270. The van der Waals surface area contributed by atoms with Crippen molar-refractivity contribution in [2.75, 3.05) is 6.54 Å². The van der Waals surface area contributed by atoms with Crippen LogP contribution in [-0.2, 0) is 17.9 Å². The molecule has 0 unspecified atom stereocenters. The van der Waals surface area contributed by atoms with Crippen molar-refractivity contribution >= 4 is 27.9 Å². The van der Waals surface area contributed by atoms with Gasteiger partial charge in [0, 0.05) is 31.4 Å². The number of rotatable bonds is 7. The summed E-state index contributed by atoms with van der Waals surface area (Å²) in [6.45, 7) is 8.94. The third-order valence-electron chi connectivity index (χ3n) is 5.07. The Kier molecular flexibility index (Phi) is 5.19. The number of amides is 1. The number of carbonyl (C=O) groups excluding carboxylic acids is 1. The first-order valence-corrected chi connectivity index (χ1v) is 10.1. The van der Waals surface area contributed by atoms with Crippen LogP contribution in [0.4, 0.5) is 0 Å². The van der Waals surface area contributed by atoms with Crippen molar-refractivity contribution < 1.29 is 9.21 Å². The van der Waals surface area contributed by atoms with E-state index in [1.165, 1.54) is 4.68 Å². The molecule has 0 saturated heterocycles. The number of hydrogen-bond acceptors (Lipinski definition) is 5. The molecule has 0 aliphatic rings. The van der Waals surface area contributed by atoms with Crippen molar-refractivity contribution in [1.82, 2.24) is 29.4 Å². The van der Waals surface area contributed by atoms with Crippen molar-refractivity contribution in [2.24, 2.45) is 0 Å². The minimum atomic E-state index is -0.299. The zero-order valence-electron chi connectivity index (χ0n) is 17.7. The third kappa shape index (κ3) is 3.62. The molecule has 0 fully saturated rings. The van der Waals surface area contributed by atoms with Crippen LogP contribution in [0, 0.1) is 13.8 Å². The Morgan fingerprint density at radius 3 is 2.80 bits per heavy atom. The van der Waals surface area contributed by atoms with Crippen molar-refractivity contribution in [3.63, 3.8) is 0 Å². The molecule has 0 aromatic carbocycles. The molecule has 0 aliphatic heterocycles. The molecule has 4 heterocycles. The number of nitrogens with one attached hydrogen (secondary N) is 1. The molecule has 0 atom stereocenters. The molecule has 4 aromatic rings. The number of aryl methyl sites for hydroxylation is 3. The number of fused-ring (bicyclic) bond motifs is 3. The summed E-state index contributed by atoms with van der Waals surface area (Å²) in [5, 5.41) is 12.0. The van der Waals surface area contributed by atoms with E-state index in [1.807, 2.05) is 55.3 Å². The lowest BCUT2D eigenvalue weighted by Crippen LogP contribution is -2.34. The number of furan rings is 1. The van der Waals surface area contributed by atoms with Gasteiger partial charge in [0.1, 0.15) is 17.8 Å². The molecule has 0 saturated carbocycles. The molecule has 1 N–H and O–H groups in total. The van der Waals surface area contributed by atoms with Crippen LogP contribution in [0.2, 0.25) is 0 Å². The number of carbonyl (C=O) groups is 1. The van der Waals surface area contributed by atoms with E-state index in [9.17, 15) is 9.59 Å². The fourth-order valence-corrected chi connectivity index (χ4v) is 3.77. The van der Waals surface area contributed by atoms with E-state index in [2.05, 4.69) is 15.5 Å². The van der Waals surface area contributed by atoms with Crippen LogP contribution in [0.15, 0.2) is 33.7 Å². The van der Waals surface area contributed by atoms with Gasteiger partial charge in [-0.3, -0.25) is 14.3 Å². The summed E-state index contributed by atoms with van der Waals surface area (Å²) in [6.07, 6.45) is 4.27. The van der Waals surface area contributed by atoms with Crippen LogP contribution in [0.3, 0.4) is 0 Å². The van der Waals surface area contributed by atoms with Gasteiger partial charge in [-0.1, -0.05) is 0 Å². The largest absolute Gasteiger partial charge is 0.459 e. The quantitative estimate of drug-likeness (QED) is 0.472. The summed E-state index contributed by atoms with van der Waals surface area (Å²) < 4.78 is 10.8. The Morgan fingerprint density at radius 2 is 2.10 bits per heavy atom. The molecule has 0 bridgehead atoms. The smallest absolute Gasteiger partial charge is 0.291 e. The predicted molar refractivity (Wildman–Crippen MR) is 113 cm³/mol. The normalized spacial score (nSPS) is 11.8. The fourth-order valence-electron chi connectivity index (χ4n) is 3.77. The Balaban J connectivity index is 1.50. The Labute approximate surface area is 173 Å². The standard InChI is InChI=1S/C21H26N6O3/c1-13(2)27-17-10-15(4)30-20(17)16-11-23-26(21(29)19(16)27)12-18(28)22-7-5-8-25-9-6-14(3)24-25/h6,9-11,13H,5,7-8,12H2,1-4H3,(H,22,28). The molecule has 1 amide bonds. The SMILES string of the molecule is Cc1ccn(CCCNC(=O)Cn2ncc3c4oc(C)cc4n(C(C)C)c3c2=O)n1. The molecule has 158 valence electrons. The van der Waals surface area contributed by atoms with Crippen LogP contribution >= 0.6 is 0 Å². The average molecular weight is 410 g/mol. The topological polar surface area (TPSA) is 99.9 Å². The van der Waals surface area contributed by atoms with Crippen molar-refractivity contribution in [2.45, 2.75) is 53.2 Å². The van der Waals surface area contributed by atoms with Gasteiger partial charge in [0.15, 0.2) is 5.58 Å². The van der Waals surface area contributed by atoms with Gasteiger partial charge in [0.05, 0.1) is 22.8 Å². The highest BCUT2D eigenvalue weighted by atomic mass is 16.3. The molecular formula is C21H26N6O3. The second kappa shape index (κ2) is 7.81. The van der Waals surface area contributed by atoms with E-state index in [-0.39, 0.29) is 24.1 Å². The van der Waals surface area contributed by atoms with Crippen molar-refractivity contribution in [3.8, 4) is 0 Å². The fraction of sp³-hybridized carbons (Fsp3) is 0.429. The first-order valence-electron chi connectivity index (χ1n) is 10.1. The van der Waals surface area contributed by atoms with Gasteiger partial charge in [0.25, 0.3) is 5.56 Å². The second-order valence-electron chi connectivity index (χ2n) is 7.83. The zero-order valence-corrected chi connectivity index (χ0v) is 17.7. The predicted octanol–water partition coefficient (Wildman–Crippen LogP) is 2.54. The lowest BCUT2D eigenvalue weighted by Gasteiger charge is -2.11. The van der Waals surface area contributed by atoms with Crippen molar-refractivity contribution in [3.05, 3.63) is 46.3 Å². The summed E-state index contributed by atoms with van der Waals surface area (Å²) in [7, 11) is 0. The van der Waals surface area contributed by atoms with Gasteiger partial charge < -0.3 is 14.3 Å². The van der Waals surface area contributed by atoms with Gasteiger partial charge in [-0.05, 0) is 40.2 Å². The maximum atomic E-state index is 13.1. The lowest BCUT2D eigenvalue weighted by atomic mass is 10.3. The molecule has 4 aromatic heterocycles. The first-order chi connectivity index (χ1) is 14.3. The van der Waals surface area contributed by atoms with E-state index in [0.29, 0.717) is 23.0 Å². The van der Waals surface area contributed by atoms with E-state index in [1.54, 1.807) is 6.20 Å². The maximum absolute atomic E-state index is 13.1. The highest BCUT2D eigenvalue weighted by molar-refractivity contribution is 6.04. The summed E-state index contributed by atoms with van der Waals surface area (Å²) in [6, 6.07) is 3.93. The Hall–Kier alpha value is -3.36. The number of aromatic nitrogens is 5. The monoisotopic (exact) mass is 410 g/mol. The van der Waals surface area contributed by atoms with Crippen LogP contribution in [0.1, 0.15) is 37.8 Å². The van der Waals surface area contributed by atoms with E-state index < -0.39 is 0 Å². The molecule has 0 radical (unpaired) electrons. The van der Waals surface area contributed by atoms with Crippen molar-refractivity contribution in [1.29, 1.82) is 0 Å². The summed E-state index contributed by atoms with van der Waals surface area (Å²) in [5.74, 6) is 0.535. The minimum absolute atomic E-state index is 0.0605. The molecular weight excluding hydrogens is 384 g/mol. The molecule has 30 heavy (non-hydrogen) atoms. The third-order valence-corrected chi connectivity index (χ3v) is 5.07. The van der Waals surface area contributed by atoms with E-state index in [0.717, 1.165) is 29.9 Å². The minimum Gasteiger partial charge on any atom is -0.459 e. The van der Waals surface area contributed by atoms with Crippen LogP contribution in [0.25, 0.3) is 22.0 Å². The maximum Gasteiger partial charge on any atom is 0.291 e. The molecule has 9 nitrogen and oxygen atoms in total. The average Bonchev–Trinajstić information content (AvgIpc) is 3.34. The van der Waals surface area contributed by atoms with Gasteiger partial charge in [0.2, 0.25) is 5.91 Å². The van der Waals surface area contributed by atoms with Crippen LogP contribution in [-0.4, -0.2) is 36.6 Å². The number of hydrogen-bond donors (Lipinski definition) is 1. The van der Waals surface area contributed by atoms with Gasteiger partial charge in [-0.15, -0.1) is 0 Å². The molecule has 9 heteroatoms. The highest BCUT2D eigenvalue weighted by Gasteiger charge is 2.21. The summed E-state index contributed by atoms with van der Waals surface area (Å²) >= 11 is 0. The second-order valence-corrected chi connectivity index (χ2v) is 7.83. The molecule has 0 aliphatic carbocycles. The highest BCUT2D eigenvalue weighted by Crippen LogP contribution is 2.31. The summed E-state index contributed by atoms with van der Waals surface area (Å²) in [4.78, 5) is 25.4. The lowest BCUT2D eigenvalue weighted by molar-refractivity contribution is -0.121.